The molecule has 2 N–H and O–H groups in total. The largest absolute Gasteiger partial charge is 0.396 e. The van der Waals surface area contributed by atoms with Gasteiger partial charge in [0.1, 0.15) is 0 Å². The smallest absolute Gasteiger partial charge is 0.211 e. The van der Waals surface area contributed by atoms with Crippen LogP contribution in [-0.2, 0) is 10.0 Å². The van der Waals surface area contributed by atoms with E-state index in [-0.39, 0.29) is 12.4 Å². The van der Waals surface area contributed by atoms with Gasteiger partial charge in [0.2, 0.25) is 10.0 Å². The Bertz CT molecular complexity index is 265. The SMILES string of the molecule is CCCCC(CC)CNS(=O)(=O)CCCCO. The molecule has 17 heavy (non-hydrogen) atoms. The number of aliphatic hydroxyl groups excluding tert-OH is 1. The molecule has 0 spiro atoms. The summed E-state index contributed by atoms with van der Waals surface area (Å²) < 4.78 is 25.9. The molecule has 0 heterocycles. The first-order valence-electron chi connectivity index (χ1n) is 6.63. The molecule has 0 aliphatic carbocycles. The fourth-order valence-corrected chi connectivity index (χ4v) is 2.88. The quantitative estimate of drug-likeness (QED) is 0.561. The highest BCUT2D eigenvalue weighted by Crippen LogP contribution is 2.11. The predicted molar refractivity (Wildman–Crippen MR) is 71.4 cm³/mol. The minimum atomic E-state index is -3.15. The summed E-state index contributed by atoms with van der Waals surface area (Å²) in [5, 5.41) is 8.60. The van der Waals surface area contributed by atoms with Crippen molar-refractivity contribution in [1.82, 2.24) is 4.72 Å². The van der Waals surface area contributed by atoms with Gasteiger partial charge in [0.25, 0.3) is 0 Å². The molecule has 0 aliphatic heterocycles. The second-order valence-corrected chi connectivity index (χ2v) is 6.44. The topological polar surface area (TPSA) is 66.4 Å². The van der Waals surface area contributed by atoms with E-state index >= 15 is 0 Å². The molecule has 1 unspecified atom stereocenters. The third-order valence-electron chi connectivity index (χ3n) is 2.96. The summed E-state index contributed by atoms with van der Waals surface area (Å²) in [5.74, 6) is 0.570. The average molecular weight is 265 g/mol. The van der Waals surface area contributed by atoms with Crippen LogP contribution in [0.3, 0.4) is 0 Å². The van der Waals surface area contributed by atoms with Crippen LogP contribution >= 0.6 is 0 Å². The molecule has 0 fully saturated rings. The number of sulfonamides is 1. The van der Waals surface area contributed by atoms with Crippen molar-refractivity contribution >= 4 is 10.0 Å². The highest BCUT2D eigenvalue weighted by molar-refractivity contribution is 7.89. The predicted octanol–water partition coefficient (Wildman–Crippen LogP) is 1.89. The summed E-state index contributed by atoms with van der Waals surface area (Å²) in [5.41, 5.74) is 0. The first-order valence-corrected chi connectivity index (χ1v) is 8.29. The van der Waals surface area contributed by atoms with E-state index in [1.807, 2.05) is 0 Å². The van der Waals surface area contributed by atoms with Crippen molar-refractivity contribution in [2.45, 2.75) is 52.4 Å². The Morgan fingerprint density at radius 3 is 2.41 bits per heavy atom. The molecular formula is C12H27NO3S. The molecule has 0 aromatic heterocycles. The lowest BCUT2D eigenvalue weighted by Crippen LogP contribution is -2.31. The zero-order valence-electron chi connectivity index (χ0n) is 11.1. The monoisotopic (exact) mass is 265 g/mol. The molecule has 104 valence electrons. The zero-order valence-corrected chi connectivity index (χ0v) is 11.9. The Kier molecular flexibility index (Phi) is 9.78. The van der Waals surface area contributed by atoms with E-state index in [0.717, 1.165) is 25.7 Å². The van der Waals surface area contributed by atoms with Crippen LogP contribution in [-0.4, -0.2) is 32.4 Å². The van der Waals surface area contributed by atoms with E-state index in [2.05, 4.69) is 18.6 Å². The van der Waals surface area contributed by atoms with E-state index in [4.69, 9.17) is 5.11 Å². The molecule has 4 nitrogen and oxygen atoms in total. The van der Waals surface area contributed by atoms with Crippen LogP contribution in [0.4, 0.5) is 0 Å². The van der Waals surface area contributed by atoms with Crippen LogP contribution in [0.25, 0.3) is 0 Å². The molecule has 0 aromatic carbocycles. The van der Waals surface area contributed by atoms with Crippen LogP contribution in [0, 0.1) is 5.92 Å². The van der Waals surface area contributed by atoms with Crippen LogP contribution in [0.1, 0.15) is 52.4 Å². The summed E-state index contributed by atoms with van der Waals surface area (Å²) in [6, 6.07) is 0. The van der Waals surface area contributed by atoms with Gasteiger partial charge in [-0.1, -0.05) is 33.1 Å². The Morgan fingerprint density at radius 1 is 1.18 bits per heavy atom. The van der Waals surface area contributed by atoms with Crippen LogP contribution in [0.15, 0.2) is 0 Å². The molecule has 0 aliphatic rings. The van der Waals surface area contributed by atoms with Gasteiger partial charge in [0, 0.05) is 13.2 Å². The van der Waals surface area contributed by atoms with Gasteiger partial charge >= 0.3 is 0 Å². The molecule has 0 saturated heterocycles. The zero-order chi connectivity index (χ0) is 13.1. The highest BCUT2D eigenvalue weighted by atomic mass is 32.2. The number of hydrogen-bond donors (Lipinski definition) is 2. The number of nitrogens with one attached hydrogen (secondary N) is 1. The summed E-state index contributed by atoms with van der Waals surface area (Å²) in [7, 11) is -3.15. The first kappa shape index (κ1) is 16.9. The molecule has 5 heteroatoms. The Balaban J connectivity index is 3.88. The van der Waals surface area contributed by atoms with E-state index in [9.17, 15) is 8.42 Å². The molecule has 0 rings (SSSR count). The molecule has 0 radical (unpaired) electrons. The lowest BCUT2D eigenvalue weighted by Gasteiger charge is -2.15. The fourth-order valence-electron chi connectivity index (χ4n) is 1.66. The maximum Gasteiger partial charge on any atom is 0.211 e. The van der Waals surface area contributed by atoms with Gasteiger partial charge in [0.05, 0.1) is 5.75 Å². The van der Waals surface area contributed by atoms with Crippen LogP contribution < -0.4 is 4.72 Å². The number of rotatable bonds is 11. The van der Waals surface area contributed by atoms with Gasteiger partial charge in [-0.3, -0.25) is 0 Å². The van der Waals surface area contributed by atoms with Crippen molar-refractivity contribution < 1.29 is 13.5 Å². The van der Waals surface area contributed by atoms with Crippen molar-refractivity contribution in [1.29, 1.82) is 0 Å². The van der Waals surface area contributed by atoms with Crippen LogP contribution in [0.2, 0.25) is 0 Å². The molecule has 0 aromatic rings. The maximum absolute atomic E-state index is 11.6. The molecular weight excluding hydrogens is 238 g/mol. The Hall–Kier alpha value is -0.130. The number of aliphatic hydroxyl groups is 1. The second-order valence-electron chi connectivity index (χ2n) is 4.51. The van der Waals surface area contributed by atoms with Gasteiger partial charge in [0.15, 0.2) is 0 Å². The van der Waals surface area contributed by atoms with Crippen molar-refractivity contribution in [3.8, 4) is 0 Å². The third-order valence-corrected chi connectivity index (χ3v) is 4.39. The van der Waals surface area contributed by atoms with E-state index in [1.165, 1.54) is 0 Å². The minimum Gasteiger partial charge on any atom is -0.396 e. The third kappa shape index (κ3) is 9.56. The maximum atomic E-state index is 11.6. The highest BCUT2D eigenvalue weighted by Gasteiger charge is 2.12. The van der Waals surface area contributed by atoms with Crippen molar-refractivity contribution in [2.24, 2.45) is 5.92 Å². The lowest BCUT2D eigenvalue weighted by atomic mass is 10.00. The van der Waals surface area contributed by atoms with Crippen molar-refractivity contribution in [2.75, 3.05) is 18.9 Å². The van der Waals surface area contributed by atoms with Crippen LogP contribution in [0.5, 0.6) is 0 Å². The first-order chi connectivity index (χ1) is 8.05. The lowest BCUT2D eigenvalue weighted by molar-refractivity contribution is 0.287. The summed E-state index contributed by atoms with van der Waals surface area (Å²) in [4.78, 5) is 0. The minimum absolute atomic E-state index is 0.0591. The summed E-state index contributed by atoms with van der Waals surface area (Å²) >= 11 is 0. The van der Waals surface area contributed by atoms with Crippen molar-refractivity contribution in [3.63, 3.8) is 0 Å². The normalized spacial score (nSPS) is 13.8. The van der Waals surface area contributed by atoms with Gasteiger partial charge in [-0.25, -0.2) is 13.1 Å². The Labute approximate surface area is 106 Å². The summed E-state index contributed by atoms with van der Waals surface area (Å²) in [6.07, 6.45) is 5.49. The number of unbranched alkanes of at least 4 members (excludes halogenated alkanes) is 2. The fraction of sp³-hybridized carbons (Fsp3) is 1.00. The average Bonchev–Trinajstić information content (AvgIpc) is 2.29. The number of hydrogen-bond acceptors (Lipinski definition) is 3. The second kappa shape index (κ2) is 9.85. The summed E-state index contributed by atoms with van der Waals surface area (Å²) in [6.45, 7) is 4.85. The van der Waals surface area contributed by atoms with Crippen molar-refractivity contribution in [3.05, 3.63) is 0 Å². The standard InChI is InChI=1S/C12H27NO3S/c1-3-5-8-12(4-2)11-13-17(15,16)10-7-6-9-14/h12-14H,3-11H2,1-2H3. The van der Waals surface area contributed by atoms with E-state index < -0.39 is 10.0 Å². The van der Waals surface area contributed by atoms with Gasteiger partial charge < -0.3 is 5.11 Å². The van der Waals surface area contributed by atoms with E-state index in [1.54, 1.807) is 0 Å². The molecule has 0 amide bonds. The Morgan fingerprint density at radius 2 is 1.88 bits per heavy atom. The van der Waals surface area contributed by atoms with Gasteiger partial charge in [-0.2, -0.15) is 0 Å². The molecule has 0 saturated carbocycles. The molecule has 1 atom stereocenters. The van der Waals surface area contributed by atoms with E-state index in [0.29, 0.717) is 25.3 Å². The van der Waals surface area contributed by atoms with Gasteiger partial charge in [-0.15, -0.1) is 0 Å². The molecule has 0 bridgehead atoms. The van der Waals surface area contributed by atoms with Gasteiger partial charge in [-0.05, 0) is 25.2 Å².